The lowest BCUT2D eigenvalue weighted by molar-refractivity contribution is -0.00282. The highest BCUT2D eigenvalue weighted by Gasteiger charge is 2.42. The minimum Gasteiger partial charge on any atom is -0.382 e. The van der Waals surface area contributed by atoms with Gasteiger partial charge in [-0.05, 0) is 18.2 Å². The van der Waals surface area contributed by atoms with Crippen molar-refractivity contribution in [3.63, 3.8) is 0 Å². The van der Waals surface area contributed by atoms with Gasteiger partial charge >= 0.3 is 0 Å². The first-order valence-electron chi connectivity index (χ1n) is 9.53. The third-order valence-corrected chi connectivity index (χ3v) is 6.04. The highest BCUT2D eigenvalue weighted by Crippen LogP contribution is 2.42. The lowest BCUT2D eigenvalue weighted by Crippen LogP contribution is -2.38. The second kappa shape index (κ2) is 8.78. The van der Waals surface area contributed by atoms with Crippen molar-refractivity contribution >= 4 is 11.3 Å². The van der Waals surface area contributed by atoms with Crippen molar-refractivity contribution < 1.29 is 13.9 Å². The van der Waals surface area contributed by atoms with Crippen molar-refractivity contribution in [3.05, 3.63) is 101 Å². The van der Waals surface area contributed by atoms with E-state index >= 15 is 0 Å². The number of nitrogens with zero attached hydrogens (tertiary/aromatic N) is 5. The predicted molar refractivity (Wildman–Crippen MR) is 115 cm³/mol. The molecule has 160 valence electrons. The molecule has 32 heavy (non-hydrogen) atoms. The normalized spacial score (nSPS) is 13.8. The first kappa shape index (κ1) is 21.5. The van der Waals surface area contributed by atoms with Crippen molar-refractivity contribution in [1.82, 2.24) is 19.7 Å². The van der Waals surface area contributed by atoms with E-state index in [1.54, 1.807) is 24.3 Å². The molecule has 1 N–H and O–H groups in total. The third kappa shape index (κ3) is 4.06. The zero-order valence-electron chi connectivity index (χ0n) is 16.7. The molecule has 2 aromatic carbocycles. The van der Waals surface area contributed by atoms with Gasteiger partial charge in [-0.1, -0.05) is 24.3 Å². The van der Waals surface area contributed by atoms with E-state index in [9.17, 15) is 13.9 Å². The molecule has 0 spiro atoms. The summed E-state index contributed by atoms with van der Waals surface area (Å²) in [7, 11) is 0. The minimum absolute atomic E-state index is 0.102. The molecular weight excluding hydrogens is 432 g/mol. The Morgan fingerprint density at radius 3 is 2.66 bits per heavy atom. The molecule has 0 fully saturated rings. The van der Waals surface area contributed by atoms with Crippen molar-refractivity contribution in [2.24, 2.45) is 0 Å². The molecule has 2 aromatic heterocycles. The Hall–Kier alpha value is -3.74. The molecule has 0 saturated carbocycles. The van der Waals surface area contributed by atoms with E-state index in [0.29, 0.717) is 16.3 Å². The van der Waals surface area contributed by atoms with Gasteiger partial charge in [0.1, 0.15) is 34.9 Å². The van der Waals surface area contributed by atoms with E-state index < -0.39 is 23.2 Å². The molecule has 4 rings (SSSR count). The Morgan fingerprint density at radius 2 is 2.03 bits per heavy atom. The fraction of sp³-hybridized carbons (Fsp3) is 0.130. The molecule has 0 amide bonds. The van der Waals surface area contributed by atoms with Gasteiger partial charge in [0.05, 0.1) is 29.8 Å². The minimum atomic E-state index is -1.87. The monoisotopic (exact) mass is 449 g/mol. The van der Waals surface area contributed by atoms with Crippen LogP contribution in [0.2, 0.25) is 0 Å². The number of aromatic nitrogens is 4. The average Bonchev–Trinajstić information content (AvgIpc) is 3.46. The molecule has 9 heteroatoms. The summed E-state index contributed by atoms with van der Waals surface area (Å²) in [6, 6.07) is 12.0. The fourth-order valence-electron chi connectivity index (χ4n) is 3.53. The maximum atomic E-state index is 14.8. The first-order chi connectivity index (χ1) is 15.4. The molecule has 0 bridgehead atoms. The Morgan fingerprint density at radius 1 is 1.25 bits per heavy atom. The maximum absolute atomic E-state index is 14.8. The fourth-order valence-corrected chi connectivity index (χ4v) is 4.54. The molecule has 0 saturated heterocycles. The van der Waals surface area contributed by atoms with Gasteiger partial charge in [-0.3, -0.25) is 0 Å². The van der Waals surface area contributed by atoms with Crippen LogP contribution in [0.3, 0.4) is 0 Å². The highest BCUT2D eigenvalue weighted by molar-refractivity contribution is 7.10. The number of hydrogen-bond acceptors (Lipinski definition) is 6. The van der Waals surface area contributed by atoms with Crippen LogP contribution in [-0.4, -0.2) is 24.9 Å². The van der Waals surface area contributed by atoms with E-state index in [1.165, 1.54) is 40.8 Å². The molecule has 0 aliphatic rings. The number of aliphatic hydroxyl groups is 1. The molecule has 0 aliphatic heterocycles. The number of benzene rings is 2. The summed E-state index contributed by atoms with van der Waals surface area (Å²) < 4.78 is 29.7. The van der Waals surface area contributed by atoms with Crippen LogP contribution in [-0.2, 0) is 12.1 Å². The van der Waals surface area contributed by atoms with Crippen LogP contribution in [0.4, 0.5) is 8.78 Å². The Kier molecular flexibility index (Phi) is 5.90. The van der Waals surface area contributed by atoms with Crippen molar-refractivity contribution in [3.8, 4) is 17.3 Å². The predicted octanol–water partition coefficient (Wildman–Crippen LogP) is 4.41. The van der Waals surface area contributed by atoms with E-state index in [2.05, 4.69) is 27.7 Å². The summed E-state index contributed by atoms with van der Waals surface area (Å²) in [5.74, 6) is -2.46. The summed E-state index contributed by atoms with van der Waals surface area (Å²) in [5, 5.41) is 27.1. The quantitative estimate of drug-likeness (QED) is 0.422. The zero-order valence-corrected chi connectivity index (χ0v) is 17.5. The molecule has 0 aliphatic carbocycles. The molecule has 2 atom stereocenters. The van der Waals surface area contributed by atoms with Gasteiger partial charge in [0.25, 0.3) is 0 Å². The number of hydrogen-bond donors (Lipinski definition) is 1. The smallest absolute Gasteiger partial charge is 0.137 e. The maximum Gasteiger partial charge on any atom is 0.137 e. The average molecular weight is 449 g/mol. The summed E-state index contributed by atoms with van der Waals surface area (Å²) in [6.45, 7) is 3.68. The van der Waals surface area contributed by atoms with Crippen molar-refractivity contribution in [1.29, 1.82) is 5.26 Å². The molecule has 6 nitrogen and oxygen atoms in total. The lowest BCUT2D eigenvalue weighted by atomic mass is 9.81. The van der Waals surface area contributed by atoms with Crippen LogP contribution in [0.1, 0.15) is 22.1 Å². The van der Waals surface area contributed by atoms with Gasteiger partial charge in [-0.25, -0.2) is 23.4 Å². The van der Waals surface area contributed by atoms with E-state index in [1.807, 2.05) is 5.38 Å². The molecule has 1 unspecified atom stereocenters. The Bertz CT molecular complexity index is 1280. The van der Waals surface area contributed by atoms with Crippen LogP contribution >= 0.6 is 11.3 Å². The summed E-state index contributed by atoms with van der Waals surface area (Å²) in [6.07, 6.45) is 4.19. The van der Waals surface area contributed by atoms with Crippen LogP contribution in [0, 0.1) is 23.0 Å². The van der Waals surface area contributed by atoms with Crippen LogP contribution in [0.15, 0.2) is 73.2 Å². The Balaban J connectivity index is 1.78. The largest absolute Gasteiger partial charge is 0.382 e. The lowest BCUT2D eigenvalue weighted by Gasteiger charge is -2.34. The molecule has 4 aromatic rings. The zero-order chi connectivity index (χ0) is 22.7. The highest BCUT2D eigenvalue weighted by atomic mass is 32.1. The van der Waals surface area contributed by atoms with Crippen LogP contribution in [0.25, 0.3) is 11.3 Å². The second-order valence-corrected chi connectivity index (χ2v) is 8.00. The van der Waals surface area contributed by atoms with E-state index in [-0.39, 0.29) is 12.1 Å². The van der Waals surface area contributed by atoms with Gasteiger partial charge < -0.3 is 5.11 Å². The number of thiazole rings is 1. The second-order valence-electron chi connectivity index (χ2n) is 7.11. The van der Waals surface area contributed by atoms with Gasteiger partial charge in [-0.2, -0.15) is 10.4 Å². The van der Waals surface area contributed by atoms with Gasteiger partial charge in [-0.15, -0.1) is 17.9 Å². The molecule has 0 radical (unpaired) electrons. The topological polar surface area (TPSA) is 87.6 Å². The molecule has 2 heterocycles. The molecular formula is C23H17F2N5OS. The van der Waals surface area contributed by atoms with Gasteiger partial charge in [0.2, 0.25) is 0 Å². The summed E-state index contributed by atoms with van der Waals surface area (Å²) in [5.41, 5.74) is -0.00442. The summed E-state index contributed by atoms with van der Waals surface area (Å²) >= 11 is 1.28. The first-order valence-corrected chi connectivity index (χ1v) is 10.4. The van der Waals surface area contributed by atoms with Crippen molar-refractivity contribution in [2.75, 3.05) is 0 Å². The van der Waals surface area contributed by atoms with Crippen molar-refractivity contribution in [2.45, 2.75) is 18.1 Å². The van der Waals surface area contributed by atoms with E-state index in [0.717, 1.165) is 17.7 Å². The number of rotatable bonds is 7. The third-order valence-electron chi connectivity index (χ3n) is 5.12. The number of nitriles is 1. The number of halogens is 2. The summed E-state index contributed by atoms with van der Waals surface area (Å²) in [4.78, 5) is 8.52. The van der Waals surface area contributed by atoms with Crippen LogP contribution in [0.5, 0.6) is 0 Å². The van der Waals surface area contributed by atoms with Gasteiger partial charge in [0.15, 0.2) is 0 Å². The van der Waals surface area contributed by atoms with E-state index in [4.69, 9.17) is 5.26 Å². The van der Waals surface area contributed by atoms with Crippen LogP contribution < -0.4 is 0 Å². The standard InChI is InChI=1S/C23H17F2N5OS/c1-2-18(22-29-21(11-32-22)16-5-3-15(10-26)4-6-16)23(31,12-30-14-27-13-28-30)19-8-7-17(24)9-20(19)25/h2-9,11,13-14,18,31H,1,12H2/t18?,23-/m1/s1. The Labute approximate surface area is 186 Å². The van der Waals surface area contributed by atoms with Gasteiger partial charge in [0, 0.05) is 22.6 Å². The SMILES string of the molecule is C=CC(c1nc(-c2ccc(C#N)cc2)cs1)[C@](O)(Cn1cncn1)c1ccc(F)cc1F.